The third-order valence-corrected chi connectivity index (χ3v) is 2.14. The second-order valence-electron chi connectivity index (χ2n) is 3.50. The van der Waals surface area contributed by atoms with Gasteiger partial charge in [-0.25, -0.2) is 0 Å². The summed E-state index contributed by atoms with van der Waals surface area (Å²) in [6, 6.07) is 0. The van der Waals surface area contributed by atoms with Gasteiger partial charge in [0.25, 0.3) is 0 Å². The fraction of sp³-hybridized carbons (Fsp3) is 0.692. The molecule has 0 aliphatic heterocycles. The normalized spacial score (nSPS) is 10.6. The zero-order valence-electron chi connectivity index (χ0n) is 9.50. The van der Waals surface area contributed by atoms with Crippen LogP contribution < -0.4 is 0 Å². The monoisotopic (exact) mass is 196 g/mol. The summed E-state index contributed by atoms with van der Waals surface area (Å²) in [7, 11) is 0. The van der Waals surface area contributed by atoms with E-state index in [1.54, 1.807) is 0 Å². The summed E-state index contributed by atoms with van der Waals surface area (Å²) in [5, 5.41) is 0. The van der Waals surface area contributed by atoms with Crippen molar-refractivity contribution in [1.82, 2.24) is 0 Å². The highest BCUT2D eigenvalue weighted by Crippen LogP contribution is 2.02. The van der Waals surface area contributed by atoms with Crippen LogP contribution in [0, 0.1) is 0 Å². The Balaban J connectivity index is 2.99. The fourth-order valence-electron chi connectivity index (χ4n) is 1.28. The highest BCUT2D eigenvalue weighted by Gasteiger charge is 1.85. The predicted octanol–water partition coefficient (Wildman–Crippen LogP) is 4.45. The number of hydrogen-bond acceptors (Lipinski definition) is 1. The summed E-state index contributed by atoms with van der Waals surface area (Å²) in [4.78, 5) is 0. The van der Waals surface area contributed by atoms with Gasteiger partial charge in [0, 0.05) is 0 Å². The second-order valence-corrected chi connectivity index (χ2v) is 3.50. The highest BCUT2D eigenvalue weighted by molar-refractivity contribution is 4.81. The molecule has 0 aromatic carbocycles. The van der Waals surface area contributed by atoms with Crippen LogP contribution in [0.5, 0.6) is 0 Å². The van der Waals surface area contributed by atoms with E-state index >= 15 is 0 Å². The average molecular weight is 196 g/mol. The lowest BCUT2D eigenvalue weighted by Gasteiger charge is -1.97. The van der Waals surface area contributed by atoms with Crippen LogP contribution in [0.1, 0.15) is 51.9 Å². The minimum Gasteiger partial charge on any atom is -0.502 e. The lowest BCUT2D eigenvalue weighted by atomic mass is 10.2. The van der Waals surface area contributed by atoms with Gasteiger partial charge in [0.2, 0.25) is 0 Å². The quantitative estimate of drug-likeness (QED) is 0.285. The Morgan fingerprint density at radius 2 is 1.64 bits per heavy atom. The lowest BCUT2D eigenvalue weighted by Crippen LogP contribution is -1.85. The molecule has 0 aliphatic rings. The molecule has 0 heterocycles. The van der Waals surface area contributed by atoms with Crippen LogP contribution in [0.25, 0.3) is 0 Å². The van der Waals surface area contributed by atoms with E-state index in [9.17, 15) is 0 Å². The van der Waals surface area contributed by atoms with E-state index in [4.69, 9.17) is 4.74 Å². The Morgan fingerprint density at radius 3 is 2.21 bits per heavy atom. The van der Waals surface area contributed by atoms with Gasteiger partial charge in [0.1, 0.15) is 0 Å². The summed E-state index contributed by atoms with van der Waals surface area (Å²) in [5.74, 6) is 0. The first kappa shape index (κ1) is 13.3. The van der Waals surface area contributed by atoms with E-state index in [0.29, 0.717) is 0 Å². The predicted molar refractivity (Wildman–Crippen MR) is 63.3 cm³/mol. The third-order valence-electron chi connectivity index (χ3n) is 2.14. The summed E-state index contributed by atoms with van der Waals surface area (Å²) in [6.07, 6.45) is 14.9. The maximum absolute atomic E-state index is 5.03. The SMILES string of the molecule is C=COCCCC/C=C/CCCCC. The Morgan fingerprint density at radius 1 is 1.00 bits per heavy atom. The molecule has 0 aromatic heterocycles. The molecule has 14 heavy (non-hydrogen) atoms. The standard InChI is InChI=1S/C13H24O/c1-3-5-6-7-8-9-10-11-12-13-14-4-2/h4,8-9H,2-3,5-7,10-13H2,1H3/b9-8+. The van der Waals surface area contributed by atoms with E-state index in [1.807, 2.05) is 0 Å². The van der Waals surface area contributed by atoms with Gasteiger partial charge in [-0.05, 0) is 32.1 Å². The number of hydrogen-bond donors (Lipinski definition) is 0. The Bertz CT molecular complexity index is 138. The summed E-state index contributed by atoms with van der Waals surface area (Å²) in [5.41, 5.74) is 0. The molecule has 0 radical (unpaired) electrons. The molecule has 0 saturated carbocycles. The molecule has 0 saturated heterocycles. The van der Waals surface area contributed by atoms with E-state index in [-0.39, 0.29) is 0 Å². The Hall–Kier alpha value is -0.720. The van der Waals surface area contributed by atoms with Crippen molar-refractivity contribution in [1.29, 1.82) is 0 Å². The molecule has 0 bridgehead atoms. The van der Waals surface area contributed by atoms with Crippen molar-refractivity contribution in [3.05, 3.63) is 25.0 Å². The molecule has 0 amide bonds. The summed E-state index contributed by atoms with van der Waals surface area (Å²) in [6.45, 7) is 6.55. The Kier molecular flexibility index (Phi) is 11.6. The first-order valence-corrected chi connectivity index (χ1v) is 5.79. The summed E-state index contributed by atoms with van der Waals surface area (Å²) < 4.78 is 5.03. The second kappa shape index (κ2) is 12.3. The minimum absolute atomic E-state index is 0.813. The van der Waals surface area contributed by atoms with Crippen LogP contribution in [0.3, 0.4) is 0 Å². The van der Waals surface area contributed by atoms with Crippen molar-refractivity contribution >= 4 is 0 Å². The van der Waals surface area contributed by atoms with Gasteiger partial charge in [0.15, 0.2) is 0 Å². The van der Waals surface area contributed by atoms with Crippen LogP contribution in [0.2, 0.25) is 0 Å². The van der Waals surface area contributed by atoms with Crippen molar-refractivity contribution in [2.45, 2.75) is 51.9 Å². The van der Waals surface area contributed by atoms with Crippen LogP contribution in [-0.4, -0.2) is 6.61 Å². The van der Waals surface area contributed by atoms with Crippen molar-refractivity contribution in [3.63, 3.8) is 0 Å². The van der Waals surface area contributed by atoms with Crippen molar-refractivity contribution in [3.8, 4) is 0 Å². The van der Waals surface area contributed by atoms with Gasteiger partial charge in [-0.15, -0.1) is 0 Å². The van der Waals surface area contributed by atoms with E-state index < -0.39 is 0 Å². The number of allylic oxidation sites excluding steroid dienone is 2. The van der Waals surface area contributed by atoms with Gasteiger partial charge >= 0.3 is 0 Å². The van der Waals surface area contributed by atoms with E-state index in [1.165, 1.54) is 44.8 Å². The molecule has 0 spiro atoms. The van der Waals surface area contributed by atoms with Crippen LogP contribution in [-0.2, 0) is 4.74 Å². The molecule has 1 nitrogen and oxygen atoms in total. The molecule has 82 valence electrons. The molecule has 0 aliphatic carbocycles. The molecule has 0 fully saturated rings. The minimum atomic E-state index is 0.813. The maximum atomic E-state index is 5.03. The Labute approximate surface area is 88.9 Å². The van der Waals surface area contributed by atoms with Crippen molar-refractivity contribution in [2.24, 2.45) is 0 Å². The lowest BCUT2D eigenvalue weighted by molar-refractivity contribution is 0.243. The van der Waals surface area contributed by atoms with Crippen molar-refractivity contribution in [2.75, 3.05) is 6.61 Å². The van der Waals surface area contributed by atoms with Crippen LogP contribution in [0.15, 0.2) is 25.0 Å². The first-order valence-electron chi connectivity index (χ1n) is 5.79. The maximum Gasteiger partial charge on any atom is 0.0873 e. The zero-order chi connectivity index (χ0) is 10.5. The van der Waals surface area contributed by atoms with Gasteiger partial charge in [-0.2, -0.15) is 0 Å². The van der Waals surface area contributed by atoms with E-state index in [0.717, 1.165) is 13.0 Å². The number of ether oxygens (including phenoxy) is 1. The van der Waals surface area contributed by atoms with Gasteiger partial charge in [0.05, 0.1) is 12.9 Å². The van der Waals surface area contributed by atoms with Gasteiger partial charge < -0.3 is 4.74 Å². The van der Waals surface area contributed by atoms with Crippen LogP contribution >= 0.6 is 0 Å². The summed E-state index contributed by atoms with van der Waals surface area (Å²) >= 11 is 0. The largest absolute Gasteiger partial charge is 0.502 e. The van der Waals surface area contributed by atoms with Crippen LogP contribution in [0.4, 0.5) is 0 Å². The highest BCUT2D eigenvalue weighted by atomic mass is 16.5. The molecular weight excluding hydrogens is 172 g/mol. The smallest absolute Gasteiger partial charge is 0.0873 e. The molecule has 0 atom stereocenters. The van der Waals surface area contributed by atoms with E-state index in [2.05, 4.69) is 25.7 Å². The fourth-order valence-corrected chi connectivity index (χ4v) is 1.28. The molecule has 0 unspecified atom stereocenters. The van der Waals surface area contributed by atoms with Crippen molar-refractivity contribution < 1.29 is 4.74 Å². The number of unbranched alkanes of at least 4 members (excludes halogenated alkanes) is 5. The zero-order valence-corrected chi connectivity index (χ0v) is 9.50. The topological polar surface area (TPSA) is 9.23 Å². The first-order chi connectivity index (χ1) is 6.91. The van der Waals surface area contributed by atoms with Gasteiger partial charge in [-0.3, -0.25) is 0 Å². The number of rotatable bonds is 10. The molecule has 1 heteroatoms. The molecule has 0 N–H and O–H groups in total. The molecule has 0 aromatic rings. The molecule has 0 rings (SSSR count). The average Bonchev–Trinajstić information content (AvgIpc) is 2.21. The third kappa shape index (κ3) is 11.3. The van der Waals surface area contributed by atoms with Gasteiger partial charge in [-0.1, -0.05) is 38.5 Å². The molecular formula is C13H24O.